The van der Waals surface area contributed by atoms with E-state index < -0.39 is 12.1 Å². The summed E-state index contributed by atoms with van der Waals surface area (Å²) < 4.78 is 11.0. The number of carbonyl (C=O) groups excluding carboxylic acids is 1. The van der Waals surface area contributed by atoms with Gasteiger partial charge in [-0.15, -0.1) is 10.2 Å². The number of hydrogen-bond donors (Lipinski definition) is 0. The second-order valence-corrected chi connectivity index (χ2v) is 5.81. The predicted molar refractivity (Wildman–Crippen MR) is 89.8 cm³/mol. The van der Waals surface area contributed by atoms with E-state index in [2.05, 4.69) is 10.2 Å². The number of nitrogens with zero attached hydrogens (tertiary/aromatic N) is 2. The Labute approximate surface area is 144 Å². The second-order valence-electron chi connectivity index (χ2n) is 5.37. The Kier molecular flexibility index (Phi) is 4.62. The normalized spacial score (nSPS) is 12.0. The minimum absolute atomic E-state index is 0.237. The van der Waals surface area contributed by atoms with Crippen LogP contribution in [0, 0.1) is 6.92 Å². The van der Waals surface area contributed by atoms with Gasteiger partial charge in [0.05, 0.1) is 5.56 Å². The number of carbonyl (C=O) groups is 1. The summed E-state index contributed by atoms with van der Waals surface area (Å²) in [5.74, 6) is 0.122. The summed E-state index contributed by atoms with van der Waals surface area (Å²) in [5, 5.41) is 8.43. The van der Waals surface area contributed by atoms with E-state index in [-0.39, 0.29) is 5.89 Å². The van der Waals surface area contributed by atoms with Gasteiger partial charge in [-0.25, -0.2) is 4.79 Å². The minimum Gasteiger partial charge on any atom is -0.449 e. The van der Waals surface area contributed by atoms with Crippen molar-refractivity contribution >= 4 is 17.6 Å². The molecule has 0 aliphatic rings. The lowest BCUT2D eigenvalue weighted by molar-refractivity contribution is 0.0280. The summed E-state index contributed by atoms with van der Waals surface area (Å²) in [6.45, 7) is 3.68. The van der Waals surface area contributed by atoms with Gasteiger partial charge in [-0.3, -0.25) is 0 Å². The summed E-state index contributed by atoms with van der Waals surface area (Å²) in [6, 6.07) is 14.3. The van der Waals surface area contributed by atoms with E-state index in [0.29, 0.717) is 16.5 Å². The van der Waals surface area contributed by atoms with Crippen LogP contribution in [0.4, 0.5) is 0 Å². The Morgan fingerprint density at radius 2 is 1.92 bits per heavy atom. The van der Waals surface area contributed by atoms with Crippen molar-refractivity contribution in [1.29, 1.82) is 0 Å². The average molecular weight is 343 g/mol. The largest absolute Gasteiger partial charge is 0.449 e. The van der Waals surface area contributed by atoms with E-state index in [1.807, 2.05) is 31.2 Å². The zero-order chi connectivity index (χ0) is 17.1. The molecule has 24 heavy (non-hydrogen) atoms. The van der Waals surface area contributed by atoms with Crippen LogP contribution < -0.4 is 0 Å². The molecule has 0 N–H and O–H groups in total. The number of halogens is 1. The number of esters is 1. The Morgan fingerprint density at radius 1 is 1.17 bits per heavy atom. The van der Waals surface area contributed by atoms with E-state index in [0.717, 1.165) is 11.1 Å². The number of hydrogen-bond acceptors (Lipinski definition) is 5. The maximum atomic E-state index is 12.1. The lowest BCUT2D eigenvalue weighted by Gasteiger charge is -2.09. The molecule has 0 aliphatic heterocycles. The van der Waals surface area contributed by atoms with Gasteiger partial charge in [0.1, 0.15) is 0 Å². The molecule has 3 aromatic rings. The van der Waals surface area contributed by atoms with Crippen LogP contribution in [0.1, 0.15) is 34.8 Å². The summed E-state index contributed by atoms with van der Waals surface area (Å²) in [6.07, 6.45) is -0.664. The molecule has 0 bridgehead atoms. The number of rotatable bonds is 4. The Hall–Kier alpha value is -2.66. The topological polar surface area (TPSA) is 65.2 Å². The Balaban J connectivity index is 1.73. The summed E-state index contributed by atoms with van der Waals surface area (Å²) >= 11 is 5.88. The van der Waals surface area contributed by atoms with Gasteiger partial charge >= 0.3 is 5.97 Å². The van der Waals surface area contributed by atoms with Gasteiger partial charge < -0.3 is 9.15 Å². The van der Waals surface area contributed by atoms with Crippen LogP contribution in [0.15, 0.2) is 52.9 Å². The number of aryl methyl sites for hydroxylation is 1. The minimum atomic E-state index is -0.664. The smallest absolute Gasteiger partial charge is 0.338 e. The van der Waals surface area contributed by atoms with Gasteiger partial charge in [-0.05, 0) is 44.2 Å². The lowest BCUT2D eigenvalue weighted by atomic mass is 10.1. The van der Waals surface area contributed by atoms with Crippen molar-refractivity contribution in [3.63, 3.8) is 0 Å². The van der Waals surface area contributed by atoms with Crippen LogP contribution in [0.25, 0.3) is 11.5 Å². The molecule has 0 aliphatic carbocycles. The third kappa shape index (κ3) is 3.63. The van der Waals surface area contributed by atoms with Gasteiger partial charge in [-0.1, -0.05) is 35.4 Å². The Bertz CT molecular complexity index is 859. The average Bonchev–Trinajstić information content (AvgIpc) is 3.05. The highest BCUT2D eigenvalue weighted by atomic mass is 35.5. The first kappa shape index (κ1) is 16.2. The standard InChI is InChI=1S/C18H15ClN2O3/c1-11-6-8-13(9-7-11)17-21-20-16(24-17)12(2)23-18(22)14-4-3-5-15(19)10-14/h3-10,12H,1-2H3. The van der Waals surface area contributed by atoms with E-state index >= 15 is 0 Å². The molecule has 6 heteroatoms. The quantitative estimate of drug-likeness (QED) is 0.647. The van der Waals surface area contributed by atoms with Gasteiger partial charge in [-0.2, -0.15) is 0 Å². The zero-order valence-electron chi connectivity index (χ0n) is 13.2. The highest BCUT2D eigenvalue weighted by Crippen LogP contribution is 2.23. The molecule has 1 unspecified atom stereocenters. The summed E-state index contributed by atoms with van der Waals surface area (Å²) in [4.78, 5) is 12.1. The molecule has 3 rings (SSSR count). The molecule has 0 radical (unpaired) electrons. The molecular weight excluding hydrogens is 328 g/mol. The van der Waals surface area contributed by atoms with Crippen LogP contribution >= 0.6 is 11.6 Å². The molecule has 1 atom stereocenters. The van der Waals surface area contributed by atoms with Crippen molar-refractivity contribution in [3.8, 4) is 11.5 Å². The van der Waals surface area contributed by atoms with Crippen molar-refractivity contribution in [2.45, 2.75) is 20.0 Å². The first-order valence-corrected chi connectivity index (χ1v) is 7.78. The van der Waals surface area contributed by atoms with E-state index in [1.54, 1.807) is 31.2 Å². The second kappa shape index (κ2) is 6.84. The lowest BCUT2D eigenvalue weighted by Crippen LogP contribution is -2.09. The zero-order valence-corrected chi connectivity index (χ0v) is 13.9. The molecule has 0 amide bonds. The number of ether oxygens (including phenoxy) is 1. The predicted octanol–water partition coefficient (Wildman–Crippen LogP) is 4.62. The SMILES string of the molecule is Cc1ccc(-c2nnc(C(C)OC(=O)c3cccc(Cl)c3)o2)cc1. The van der Waals surface area contributed by atoms with Crippen LogP contribution in [0.2, 0.25) is 5.02 Å². The van der Waals surface area contributed by atoms with Crippen LogP contribution in [0.3, 0.4) is 0 Å². The highest BCUT2D eigenvalue weighted by molar-refractivity contribution is 6.30. The van der Waals surface area contributed by atoms with E-state index in [1.165, 1.54) is 0 Å². The van der Waals surface area contributed by atoms with Crippen LogP contribution in [-0.4, -0.2) is 16.2 Å². The molecular formula is C18H15ClN2O3. The fraction of sp³-hybridized carbons (Fsp3) is 0.167. The van der Waals surface area contributed by atoms with Gasteiger partial charge in [0.15, 0.2) is 6.10 Å². The first-order valence-electron chi connectivity index (χ1n) is 7.40. The highest BCUT2D eigenvalue weighted by Gasteiger charge is 2.20. The van der Waals surface area contributed by atoms with Crippen LogP contribution in [-0.2, 0) is 4.74 Å². The summed E-state index contributed by atoms with van der Waals surface area (Å²) in [5.41, 5.74) is 2.32. The molecule has 0 saturated heterocycles. The number of aromatic nitrogens is 2. The van der Waals surface area contributed by atoms with Gasteiger partial charge in [0.25, 0.3) is 5.89 Å². The summed E-state index contributed by atoms with van der Waals surface area (Å²) in [7, 11) is 0. The molecule has 1 heterocycles. The van der Waals surface area contributed by atoms with Crippen molar-refractivity contribution in [2.24, 2.45) is 0 Å². The fourth-order valence-electron chi connectivity index (χ4n) is 2.11. The van der Waals surface area contributed by atoms with Crippen LogP contribution in [0.5, 0.6) is 0 Å². The molecule has 1 aromatic heterocycles. The van der Waals surface area contributed by atoms with E-state index in [4.69, 9.17) is 20.8 Å². The molecule has 0 fully saturated rings. The molecule has 0 saturated carbocycles. The van der Waals surface area contributed by atoms with Crippen molar-refractivity contribution in [1.82, 2.24) is 10.2 Å². The Morgan fingerprint density at radius 3 is 2.62 bits per heavy atom. The molecule has 2 aromatic carbocycles. The van der Waals surface area contributed by atoms with Gasteiger partial charge in [0.2, 0.25) is 5.89 Å². The molecule has 5 nitrogen and oxygen atoms in total. The van der Waals surface area contributed by atoms with Crippen molar-refractivity contribution in [2.75, 3.05) is 0 Å². The number of benzene rings is 2. The monoisotopic (exact) mass is 342 g/mol. The fourth-order valence-corrected chi connectivity index (χ4v) is 2.30. The molecule has 122 valence electrons. The first-order chi connectivity index (χ1) is 11.5. The van der Waals surface area contributed by atoms with Crippen molar-refractivity contribution < 1.29 is 13.9 Å². The maximum absolute atomic E-state index is 12.1. The third-order valence-corrected chi connectivity index (χ3v) is 3.67. The van der Waals surface area contributed by atoms with Crippen molar-refractivity contribution in [3.05, 3.63) is 70.6 Å². The maximum Gasteiger partial charge on any atom is 0.338 e. The van der Waals surface area contributed by atoms with Gasteiger partial charge in [0, 0.05) is 10.6 Å². The van der Waals surface area contributed by atoms with E-state index in [9.17, 15) is 4.79 Å². The molecule has 0 spiro atoms. The third-order valence-electron chi connectivity index (χ3n) is 3.43.